The van der Waals surface area contributed by atoms with Crippen LogP contribution < -0.4 is 10.1 Å². The first-order valence-corrected chi connectivity index (χ1v) is 8.52. The summed E-state index contributed by atoms with van der Waals surface area (Å²) in [6, 6.07) is 15.4. The fourth-order valence-corrected chi connectivity index (χ4v) is 3.04. The summed E-state index contributed by atoms with van der Waals surface area (Å²) in [6.07, 6.45) is 4.88. The van der Waals surface area contributed by atoms with Crippen LogP contribution in [-0.4, -0.2) is 30.3 Å². The van der Waals surface area contributed by atoms with Gasteiger partial charge in [-0.1, -0.05) is 30.7 Å². The Bertz CT molecular complexity index is 658. The Morgan fingerprint density at radius 1 is 1.04 bits per heavy atom. The van der Waals surface area contributed by atoms with Gasteiger partial charge in [-0.15, -0.1) is 0 Å². The van der Waals surface area contributed by atoms with Gasteiger partial charge in [0.2, 0.25) is 0 Å². The van der Waals surface area contributed by atoms with Crippen molar-refractivity contribution in [3.63, 3.8) is 0 Å². The van der Waals surface area contributed by atoms with Crippen LogP contribution in [0.25, 0.3) is 11.1 Å². The molecule has 1 unspecified atom stereocenters. The molecule has 0 aromatic heterocycles. The van der Waals surface area contributed by atoms with Crippen LogP contribution >= 0.6 is 0 Å². The number of benzene rings is 2. The summed E-state index contributed by atoms with van der Waals surface area (Å²) < 4.78 is 5.83. The average Bonchev–Trinajstić information content (AvgIpc) is 2.63. The van der Waals surface area contributed by atoms with Crippen LogP contribution in [0.2, 0.25) is 0 Å². The quantitative estimate of drug-likeness (QED) is 0.844. The third-order valence-electron chi connectivity index (χ3n) is 4.47. The Labute approximate surface area is 142 Å². The predicted octanol–water partition coefficient (Wildman–Crippen LogP) is 3.96. The van der Waals surface area contributed by atoms with Gasteiger partial charge in [0.25, 0.3) is 0 Å². The molecule has 2 N–H and O–H groups in total. The van der Waals surface area contributed by atoms with E-state index in [0.717, 1.165) is 36.4 Å². The number of nitrogens with one attached hydrogen (secondary N) is 1. The molecule has 3 rings (SSSR count). The van der Waals surface area contributed by atoms with Crippen molar-refractivity contribution in [3.8, 4) is 16.9 Å². The number of carboxylic acids is 1. The smallest absolute Gasteiger partial charge is 0.335 e. The molecule has 1 aliphatic rings. The van der Waals surface area contributed by atoms with Gasteiger partial charge in [0.1, 0.15) is 5.75 Å². The van der Waals surface area contributed by atoms with Crippen molar-refractivity contribution in [1.82, 2.24) is 5.32 Å². The molecule has 126 valence electrons. The van der Waals surface area contributed by atoms with Crippen LogP contribution in [0.4, 0.5) is 0 Å². The normalized spacial score (nSPS) is 17.4. The van der Waals surface area contributed by atoms with Gasteiger partial charge in [-0.3, -0.25) is 0 Å². The molecule has 4 nitrogen and oxygen atoms in total. The van der Waals surface area contributed by atoms with Gasteiger partial charge in [0, 0.05) is 6.04 Å². The summed E-state index contributed by atoms with van der Waals surface area (Å²) in [5.41, 5.74) is 2.35. The van der Waals surface area contributed by atoms with E-state index >= 15 is 0 Å². The number of hydrogen-bond acceptors (Lipinski definition) is 3. The Morgan fingerprint density at radius 2 is 1.71 bits per heavy atom. The first kappa shape index (κ1) is 16.5. The van der Waals surface area contributed by atoms with Crippen LogP contribution in [0.15, 0.2) is 48.5 Å². The zero-order valence-electron chi connectivity index (χ0n) is 13.7. The maximum absolute atomic E-state index is 10.9. The number of carboxylic acid groups (broad SMARTS) is 1. The highest BCUT2D eigenvalue weighted by Crippen LogP contribution is 2.23. The molecule has 0 radical (unpaired) electrons. The molecule has 1 fully saturated rings. The maximum atomic E-state index is 10.9. The van der Waals surface area contributed by atoms with Crippen LogP contribution in [0.3, 0.4) is 0 Å². The van der Waals surface area contributed by atoms with Crippen molar-refractivity contribution < 1.29 is 14.6 Å². The average molecular weight is 325 g/mol. The Morgan fingerprint density at radius 3 is 2.29 bits per heavy atom. The number of rotatable bonds is 6. The van der Waals surface area contributed by atoms with E-state index < -0.39 is 5.97 Å². The lowest BCUT2D eigenvalue weighted by Gasteiger charge is -2.23. The number of aromatic carboxylic acids is 1. The summed E-state index contributed by atoms with van der Waals surface area (Å²) in [4.78, 5) is 10.9. The SMILES string of the molecule is O=C(O)c1ccc(-c2ccc(OCCC3CCCCN3)cc2)cc1. The summed E-state index contributed by atoms with van der Waals surface area (Å²) >= 11 is 0. The highest BCUT2D eigenvalue weighted by atomic mass is 16.5. The van der Waals surface area contributed by atoms with E-state index in [0.29, 0.717) is 11.6 Å². The summed E-state index contributed by atoms with van der Waals surface area (Å²) in [5.74, 6) is -0.0329. The van der Waals surface area contributed by atoms with Gasteiger partial charge in [-0.05, 0) is 61.2 Å². The van der Waals surface area contributed by atoms with Crippen molar-refractivity contribution in [2.45, 2.75) is 31.7 Å². The van der Waals surface area contributed by atoms with Gasteiger partial charge in [0.05, 0.1) is 12.2 Å². The van der Waals surface area contributed by atoms with Gasteiger partial charge in [-0.2, -0.15) is 0 Å². The largest absolute Gasteiger partial charge is 0.494 e. The summed E-state index contributed by atoms with van der Waals surface area (Å²) in [6.45, 7) is 1.85. The number of ether oxygens (including phenoxy) is 1. The first-order valence-electron chi connectivity index (χ1n) is 8.52. The molecule has 2 aromatic carbocycles. The van der Waals surface area contributed by atoms with Crippen LogP contribution in [0.1, 0.15) is 36.0 Å². The van der Waals surface area contributed by atoms with Crippen molar-refractivity contribution in [3.05, 3.63) is 54.1 Å². The van der Waals surface area contributed by atoms with Gasteiger partial charge in [-0.25, -0.2) is 4.79 Å². The third kappa shape index (κ3) is 4.36. The lowest BCUT2D eigenvalue weighted by Crippen LogP contribution is -2.35. The van der Waals surface area contributed by atoms with Crippen molar-refractivity contribution >= 4 is 5.97 Å². The standard InChI is InChI=1S/C20H23NO3/c22-20(23)17-6-4-15(5-7-17)16-8-10-19(11-9-16)24-14-12-18-3-1-2-13-21-18/h4-11,18,21H,1-3,12-14H2,(H,22,23). The molecule has 1 atom stereocenters. The lowest BCUT2D eigenvalue weighted by molar-refractivity contribution is 0.0697. The number of carbonyl (C=O) groups is 1. The van der Waals surface area contributed by atoms with Crippen molar-refractivity contribution in [2.75, 3.05) is 13.2 Å². The highest BCUT2D eigenvalue weighted by molar-refractivity contribution is 5.88. The van der Waals surface area contributed by atoms with Gasteiger partial charge >= 0.3 is 5.97 Å². The maximum Gasteiger partial charge on any atom is 0.335 e. The van der Waals surface area contributed by atoms with Crippen molar-refractivity contribution in [2.24, 2.45) is 0 Å². The second-order valence-electron chi connectivity index (χ2n) is 6.19. The highest BCUT2D eigenvalue weighted by Gasteiger charge is 2.12. The Balaban J connectivity index is 1.53. The molecular formula is C20H23NO3. The molecule has 0 amide bonds. The Hall–Kier alpha value is -2.33. The fraction of sp³-hybridized carbons (Fsp3) is 0.350. The van der Waals surface area contributed by atoms with Crippen LogP contribution in [-0.2, 0) is 0 Å². The monoisotopic (exact) mass is 325 g/mol. The second kappa shape index (κ2) is 7.97. The lowest BCUT2D eigenvalue weighted by atomic mass is 10.0. The zero-order valence-corrected chi connectivity index (χ0v) is 13.7. The molecule has 0 saturated carbocycles. The first-order chi connectivity index (χ1) is 11.7. The topological polar surface area (TPSA) is 58.6 Å². The minimum Gasteiger partial charge on any atom is -0.494 e. The van der Waals surface area contributed by atoms with Crippen LogP contribution in [0.5, 0.6) is 5.75 Å². The molecule has 1 aliphatic heterocycles. The second-order valence-corrected chi connectivity index (χ2v) is 6.19. The Kier molecular flexibility index (Phi) is 5.49. The molecule has 0 spiro atoms. The van der Waals surface area contributed by atoms with Gasteiger partial charge in [0.15, 0.2) is 0 Å². The molecule has 1 heterocycles. The molecule has 0 aliphatic carbocycles. The van der Waals surface area contributed by atoms with Gasteiger partial charge < -0.3 is 15.2 Å². The third-order valence-corrected chi connectivity index (χ3v) is 4.47. The minimum absolute atomic E-state index is 0.301. The van der Waals surface area contributed by atoms with E-state index in [9.17, 15) is 4.79 Å². The number of hydrogen-bond donors (Lipinski definition) is 2. The molecule has 0 bridgehead atoms. The van der Waals surface area contributed by atoms with E-state index in [-0.39, 0.29) is 0 Å². The van der Waals surface area contributed by atoms with E-state index in [2.05, 4.69) is 5.32 Å². The fourth-order valence-electron chi connectivity index (χ4n) is 3.04. The predicted molar refractivity (Wildman–Crippen MR) is 94.6 cm³/mol. The molecule has 1 saturated heterocycles. The molecule has 24 heavy (non-hydrogen) atoms. The van der Waals surface area contributed by atoms with E-state index in [1.165, 1.54) is 19.3 Å². The van der Waals surface area contributed by atoms with E-state index in [1.807, 2.05) is 36.4 Å². The van der Waals surface area contributed by atoms with E-state index in [4.69, 9.17) is 9.84 Å². The molecular weight excluding hydrogens is 302 g/mol. The minimum atomic E-state index is -0.905. The molecule has 2 aromatic rings. The number of piperidine rings is 1. The van der Waals surface area contributed by atoms with Crippen molar-refractivity contribution in [1.29, 1.82) is 0 Å². The molecule has 4 heteroatoms. The summed E-state index contributed by atoms with van der Waals surface area (Å²) in [5, 5.41) is 12.5. The van der Waals surface area contributed by atoms with Crippen LogP contribution in [0, 0.1) is 0 Å². The summed E-state index contributed by atoms with van der Waals surface area (Å²) in [7, 11) is 0. The zero-order chi connectivity index (χ0) is 16.8. The van der Waals surface area contributed by atoms with E-state index in [1.54, 1.807) is 12.1 Å².